The molecule has 0 spiro atoms. The van der Waals surface area contributed by atoms with Gasteiger partial charge >= 0.3 is 0 Å². The van der Waals surface area contributed by atoms with E-state index >= 15 is 0 Å². The van der Waals surface area contributed by atoms with Gasteiger partial charge in [-0.2, -0.15) is 8.42 Å². The molecule has 1 heterocycles. The van der Waals surface area contributed by atoms with Gasteiger partial charge in [0.15, 0.2) is 12.8 Å². The third kappa shape index (κ3) is 6.02. The summed E-state index contributed by atoms with van der Waals surface area (Å²) in [5, 5.41) is 0. The highest BCUT2D eigenvalue weighted by molar-refractivity contribution is 7.85. The molecule has 4 nitrogen and oxygen atoms in total. The first-order valence-corrected chi connectivity index (χ1v) is 13.5. The quantitative estimate of drug-likeness (QED) is 0.365. The van der Waals surface area contributed by atoms with Gasteiger partial charge in [0.1, 0.15) is 6.54 Å². The summed E-state index contributed by atoms with van der Waals surface area (Å²) in [6.45, 7) is 7.69. The zero-order chi connectivity index (χ0) is 24.3. The van der Waals surface area contributed by atoms with Crippen molar-refractivity contribution in [1.82, 2.24) is 0 Å². The molecular weight excluding hydrogens is 442 g/mol. The Morgan fingerprint density at radius 2 is 1.35 bits per heavy atom. The molecule has 178 valence electrons. The number of aryl methyl sites for hydroxylation is 3. The fourth-order valence-corrected chi connectivity index (χ4v) is 5.63. The maximum absolute atomic E-state index is 11.3. The van der Waals surface area contributed by atoms with E-state index in [0.717, 1.165) is 19.4 Å². The van der Waals surface area contributed by atoms with Crippen molar-refractivity contribution in [2.45, 2.75) is 45.4 Å². The molecule has 5 heteroatoms. The van der Waals surface area contributed by atoms with E-state index in [2.05, 4.69) is 98.3 Å². The molecule has 0 atom stereocenters. The molecule has 3 aromatic rings. The molecule has 0 fully saturated rings. The van der Waals surface area contributed by atoms with Crippen LogP contribution in [0.4, 0.5) is 0 Å². The molecule has 0 saturated carbocycles. The van der Waals surface area contributed by atoms with Gasteiger partial charge in [0.25, 0.3) is 10.1 Å². The van der Waals surface area contributed by atoms with E-state index in [1.165, 1.54) is 38.9 Å². The molecule has 0 unspecified atom stereocenters. The summed E-state index contributed by atoms with van der Waals surface area (Å²) < 4.78 is 34.1. The lowest BCUT2D eigenvalue weighted by molar-refractivity contribution is -0.534. The topological polar surface area (TPSA) is 57.4 Å². The van der Waals surface area contributed by atoms with Gasteiger partial charge in [0.05, 0.1) is 11.2 Å². The van der Waals surface area contributed by atoms with Crippen LogP contribution in [0.1, 0.15) is 45.4 Å². The molecule has 0 amide bonds. The lowest BCUT2D eigenvalue weighted by Gasteiger charge is -2.36. The second-order valence-corrected chi connectivity index (χ2v) is 11.5. The van der Waals surface area contributed by atoms with E-state index in [-0.39, 0.29) is 11.2 Å². The van der Waals surface area contributed by atoms with Gasteiger partial charge in [-0.3, -0.25) is 4.55 Å². The van der Waals surface area contributed by atoms with Crippen LogP contribution in [-0.2, 0) is 28.4 Å². The van der Waals surface area contributed by atoms with E-state index in [9.17, 15) is 13.0 Å². The minimum Gasteiger partial charge on any atom is -0.286 e. The molecule has 0 aliphatic carbocycles. The van der Waals surface area contributed by atoms with Crippen molar-refractivity contribution in [3.8, 4) is 0 Å². The Labute approximate surface area is 203 Å². The van der Waals surface area contributed by atoms with Crippen molar-refractivity contribution in [3.63, 3.8) is 0 Å². The normalized spacial score (nSPS) is 15.0. The average molecular weight is 477 g/mol. The fourth-order valence-electron chi connectivity index (χ4n) is 5.14. The van der Waals surface area contributed by atoms with Crippen molar-refractivity contribution in [1.29, 1.82) is 0 Å². The second kappa shape index (κ2) is 9.85. The highest BCUT2D eigenvalue weighted by Gasteiger charge is 2.42. The van der Waals surface area contributed by atoms with Gasteiger partial charge in [0, 0.05) is 12.0 Å². The number of rotatable bonds is 8. The van der Waals surface area contributed by atoms with Crippen LogP contribution in [0.15, 0.2) is 66.7 Å². The summed E-state index contributed by atoms with van der Waals surface area (Å²) in [5.41, 5.74) is 8.65. The Kier molecular flexibility index (Phi) is 7.06. The highest BCUT2D eigenvalue weighted by Crippen LogP contribution is 2.37. The van der Waals surface area contributed by atoms with Crippen LogP contribution in [0.25, 0.3) is 0 Å². The molecule has 0 aromatic heterocycles. The number of hydrogen-bond acceptors (Lipinski definition) is 2. The minimum atomic E-state index is -3.97. The molecule has 4 rings (SSSR count). The van der Waals surface area contributed by atoms with Crippen LogP contribution >= 0.6 is 0 Å². The first kappa shape index (κ1) is 24.4. The van der Waals surface area contributed by atoms with Crippen LogP contribution in [0.5, 0.6) is 0 Å². The third-order valence-electron chi connectivity index (χ3n) is 6.78. The Hall–Kier alpha value is -2.76. The van der Waals surface area contributed by atoms with Crippen LogP contribution in [0.3, 0.4) is 0 Å². The smallest absolute Gasteiger partial charge is 0.265 e. The van der Waals surface area contributed by atoms with Gasteiger partial charge < -0.3 is 0 Å². The Balaban J connectivity index is 1.77. The maximum Gasteiger partial charge on any atom is 0.265 e. The molecule has 3 aromatic carbocycles. The lowest BCUT2D eigenvalue weighted by Crippen LogP contribution is -2.45. The zero-order valence-corrected chi connectivity index (χ0v) is 21.1. The van der Waals surface area contributed by atoms with Gasteiger partial charge in [-0.05, 0) is 56.4 Å². The van der Waals surface area contributed by atoms with Crippen molar-refractivity contribution < 1.29 is 17.5 Å². The largest absolute Gasteiger partial charge is 0.286 e. The Morgan fingerprint density at radius 1 is 0.824 bits per heavy atom. The molecule has 1 N–H and O–H groups in total. The summed E-state index contributed by atoms with van der Waals surface area (Å²) in [5.74, 6) is -0.221. The number of hydrogen-bond donors (Lipinski definition) is 1. The van der Waals surface area contributed by atoms with Crippen LogP contribution in [0, 0.1) is 20.8 Å². The average Bonchev–Trinajstić information content (AvgIpc) is 2.76. The Bertz CT molecular complexity index is 1240. The number of nitrogens with zero attached hydrogens (tertiary/aromatic N) is 1. The van der Waals surface area contributed by atoms with Crippen molar-refractivity contribution in [2.24, 2.45) is 0 Å². The summed E-state index contributed by atoms with van der Waals surface area (Å²) in [7, 11) is -3.97. The molecule has 34 heavy (non-hydrogen) atoms. The van der Waals surface area contributed by atoms with Crippen LogP contribution in [-0.4, -0.2) is 42.6 Å². The summed E-state index contributed by atoms with van der Waals surface area (Å²) in [4.78, 5) is 0. The SMILES string of the molecule is Cc1ccc(CC2(Cc3ccc(C)cc3)C[N+](CCCS(=O)(=O)O)=Cc3cc(C)ccc32)cc1. The summed E-state index contributed by atoms with van der Waals surface area (Å²) >= 11 is 0. The predicted molar refractivity (Wildman–Crippen MR) is 139 cm³/mol. The highest BCUT2D eigenvalue weighted by atomic mass is 32.2. The van der Waals surface area contributed by atoms with Crippen molar-refractivity contribution in [3.05, 3.63) is 106 Å². The molecular formula is C29H34NO3S+. The standard InChI is InChI=1S/C29H33NO3S/c1-22-5-10-25(11-6-22)18-29(19-26-12-7-23(2)8-13-26)21-30(15-4-16-34(31,32)33)20-27-17-24(3)9-14-28(27)29/h5-14,17,20H,4,15-16,18-19,21H2,1-3H3/p+1. The zero-order valence-electron chi connectivity index (χ0n) is 20.3. The molecule has 1 aliphatic heterocycles. The molecule has 0 bridgehead atoms. The van der Waals surface area contributed by atoms with Crippen molar-refractivity contribution in [2.75, 3.05) is 18.8 Å². The maximum atomic E-state index is 11.3. The molecule has 1 aliphatic rings. The monoisotopic (exact) mass is 476 g/mol. The predicted octanol–water partition coefficient (Wildman–Crippen LogP) is 5.06. The molecule has 0 radical (unpaired) electrons. The van der Waals surface area contributed by atoms with Crippen LogP contribution < -0.4 is 0 Å². The fraction of sp³-hybridized carbons (Fsp3) is 0.345. The van der Waals surface area contributed by atoms with E-state index in [1.54, 1.807) is 0 Å². The van der Waals surface area contributed by atoms with Gasteiger partial charge in [-0.15, -0.1) is 0 Å². The minimum absolute atomic E-state index is 0.166. The lowest BCUT2D eigenvalue weighted by atomic mass is 9.68. The molecule has 0 saturated heterocycles. The second-order valence-electron chi connectivity index (χ2n) is 9.93. The third-order valence-corrected chi connectivity index (χ3v) is 7.58. The van der Waals surface area contributed by atoms with Gasteiger partial charge in [-0.25, -0.2) is 4.58 Å². The van der Waals surface area contributed by atoms with E-state index in [1.807, 2.05) is 0 Å². The summed E-state index contributed by atoms with van der Waals surface area (Å²) in [6, 6.07) is 24.3. The summed E-state index contributed by atoms with van der Waals surface area (Å²) in [6.07, 6.45) is 4.33. The first-order valence-electron chi connectivity index (χ1n) is 11.9. The van der Waals surface area contributed by atoms with E-state index in [4.69, 9.17) is 0 Å². The number of fused-ring (bicyclic) bond motifs is 1. The van der Waals surface area contributed by atoms with Gasteiger partial charge in [0.2, 0.25) is 0 Å². The van der Waals surface area contributed by atoms with Crippen LogP contribution in [0.2, 0.25) is 0 Å². The van der Waals surface area contributed by atoms with Gasteiger partial charge in [-0.1, -0.05) is 77.4 Å². The van der Waals surface area contributed by atoms with E-state index in [0.29, 0.717) is 13.0 Å². The van der Waals surface area contributed by atoms with Crippen molar-refractivity contribution >= 4 is 16.3 Å². The van der Waals surface area contributed by atoms with E-state index < -0.39 is 10.1 Å². The Morgan fingerprint density at radius 3 is 1.88 bits per heavy atom. The first-order chi connectivity index (χ1) is 16.1. The number of benzene rings is 3.